The molecule has 0 aliphatic carbocycles. The number of aromatic nitrogens is 3. The van der Waals surface area contributed by atoms with Gasteiger partial charge in [-0.05, 0) is 61.2 Å². The average Bonchev–Trinajstić information content (AvgIpc) is 2.89. The number of aliphatic carboxylic acids is 1. The van der Waals surface area contributed by atoms with E-state index >= 15 is 0 Å². The minimum atomic E-state index is -0.813. The maximum absolute atomic E-state index is 12.8. The molecule has 1 aliphatic heterocycles. The minimum Gasteiger partial charge on any atom is -0.481 e. The first-order valence-corrected chi connectivity index (χ1v) is 9.83. The van der Waals surface area contributed by atoms with Gasteiger partial charge in [-0.25, -0.2) is 4.79 Å². The molecule has 150 valence electrons. The van der Waals surface area contributed by atoms with Crippen LogP contribution in [0.3, 0.4) is 0 Å². The highest BCUT2D eigenvalue weighted by Gasteiger charge is 2.15. The molecular formula is C22H24N4O3. The van der Waals surface area contributed by atoms with Gasteiger partial charge in [-0.3, -0.25) is 9.36 Å². The van der Waals surface area contributed by atoms with Crippen molar-refractivity contribution in [3.8, 4) is 17.1 Å². The molecule has 3 aromatic rings. The van der Waals surface area contributed by atoms with E-state index in [9.17, 15) is 9.59 Å². The number of nitrogens with zero attached hydrogens (tertiary/aromatic N) is 3. The summed E-state index contributed by atoms with van der Waals surface area (Å²) in [5.74, 6) is -0.233. The second-order valence-corrected chi connectivity index (χ2v) is 7.37. The van der Waals surface area contributed by atoms with Crippen molar-refractivity contribution in [2.45, 2.75) is 25.7 Å². The average molecular weight is 392 g/mol. The molecule has 1 aromatic heterocycles. The first kappa shape index (κ1) is 19.1. The van der Waals surface area contributed by atoms with Crippen LogP contribution in [0.2, 0.25) is 0 Å². The number of aryl methyl sites for hydroxylation is 1. The second kappa shape index (κ2) is 8.05. The van der Waals surface area contributed by atoms with Crippen molar-refractivity contribution in [1.82, 2.24) is 19.7 Å². The smallest absolute Gasteiger partial charge is 0.350 e. The summed E-state index contributed by atoms with van der Waals surface area (Å²) in [4.78, 5) is 23.6. The topological polar surface area (TPSA) is 89.2 Å². The molecule has 0 saturated carbocycles. The zero-order chi connectivity index (χ0) is 20.4. The van der Waals surface area contributed by atoms with E-state index in [-0.39, 0.29) is 12.1 Å². The van der Waals surface area contributed by atoms with Crippen molar-refractivity contribution in [2.75, 3.05) is 13.1 Å². The normalized spacial score (nSPS) is 13.7. The Balaban J connectivity index is 1.65. The lowest BCUT2D eigenvalue weighted by atomic mass is 10.0. The molecule has 0 radical (unpaired) electrons. The van der Waals surface area contributed by atoms with Crippen LogP contribution in [-0.4, -0.2) is 38.5 Å². The van der Waals surface area contributed by atoms with Gasteiger partial charge in [0.15, 0.2) is 5.82 Å². The largest absolute Gasteiger partial charge is 0.481 e. The molecule has 0 unspecified atom stereocenters. The zero-order valence-corrected chi connectivity index (χ0v) is 16.4. The molecule has 0 saturated heterocycles. The Morgan fingerprint density at radius 3 is 2.55 bits per heavy atom. The lowest BCUT2D eigenvalue weighted by Crippen LogP contribution is -2.22. The van der Waals surface area contributed by atoms with Gasteiger partial charge in [-0.2, -0.15) is 4.68 Å². The number of benzene rings is 2. The predicted octanol–water partition coefficient (Wildman–Crippen LogP) is 1.94. The Morgan fingerprint density at radius 2 is 1.83 bits per heavy atom. The molecule has 4 rings (SSSR count). The molecule has 2 heterocycles. The summed E-state index contributed by atoms with van der Waals surface area (Å²) in [6.45, 7) is 1.91. The van der Waals surface area contributed by atoms with Crippen LogP contribution in [-0.2, 0) is 31.1 Å². The Hall–Kier alpha value is -3.19. The number of carbonyl (C=O) groups is 1. The third-order valence-corrected chi connectivity index (χ3v) is 5.40. The molecule has 7 nitrogen and oxygen atoms in total. The summed E-state index contributed by atoms with van der Waals surface area (Å²) in [5, 5.41) is 16.8. The fraction of sp³-hybridized carbons (Fsp3) is 0.318. The number of fused-ring (bicyclic) bond motifs is 1. The predicted molar refractivity (Wildman–Crippen MR) is 110 cm³/mol. The van der Waals surface area contributed by atoms with E-state index in [1.807, 2.05) is 30.3 Å². The van der Waals surface area contributed by atoms with Gasteiger partial charge in [-0.1, -0.05) is 30.3 Å². The summed E-state index contributed by atoms with van der Waals surface area (Å²) in [5.41, 5.74) is 4.92. The van der Waals surface area contributed by atoms with Crippen molar-refractivity contribution in [2.24, 2.45) is 7.05 Å². The minimum absolute atomic E-state index is 0.0975. The van der Waals surface area contributed by atoms with Gasteiger partial charge in [0.05, 0.1) is 5.69 Å². The van der Waals surface area contributed by atoms with Crippen molar-refractivity contribution < 1.29 is 9.90 Å². The molecular weight excluding hydrogens is 368 g/mol. The standard InChI is InChI=1S/C22H24N4O3/c1-25-21(17-5-2-15(3-6-17)4-9-20(27)28)24-26(22(25)29)19-8-7-16-10-12-23-13-11-18(16)14-19/h2-3,5-8,14,23H,4,9-13H2,1H3,(H,27,28). The molecule has 0 bridgehead atoms. The number of hydrogen-bond donors (Lipinski definition) is 2. The van der Waals surface area contributed by atoms with Gasteiger partial charge in [-0.15, -0.1) is 5.10 Å². The summed E-state index contributed by atoms with van der Waals surface area (Å²) in [6.07, 6.45) is 2.51. The molecule has 0 spiro atoms. The molecule has 0 fully saturated rings. The lowest BCUT2D eigenvalue weighted by Gasteiger charge is -2.07. The van der Waals surface area contributed by atoms with E-state index in [0.717, 1.165) is 42.7 Å². The second-order valence-electron chi connectivity index (χ2n) is 7.37. The molecule has 29 heavy (non-hydrogen) atoms. The molecule has 2 aromatic carbocycles. The van der Waals surface area contributed by atoms with Crippen LogP contribution < -0.4 is 11.0 Å². The summed E-state index contributed by atoms with van der Waals surface area (Å²) < 4.78 is 2.99. The van der Waals surface area contributed by atoms with Crippen LogP contribution >= 0.6 is 0 Å². The quantitative estimate of drug-likeness (QED) is 0.693. The molecule has 0 atom stereocenters. The van der Waals surface area contributed by atoms with Crippen molar-refractivity contribution in [3.63, 3.8) is 0 Å². The number of carboxylic acids is 1. The van der Waals surface area contributed by atoms with Gasteiger partial charge in [0.2, 0.25) is 0 Å². The van der Waals surface area contributed by atoms with E-state index < -0.39 is 5.97 Å². The van der Waals surface area contributed by atoms with Crippen LogP contribution in [0, 0.1) is 0 Å². The number of nitrogens with one attached hydrogen (secondary N) is 1. The van der Waals surface area contributed by atoms with Gasteiger partial charge in [0.25, 0.3) is 0 Å². The van der Waals surface area contributed by atoms with E-state index in [0.29, 0.717) is 12.2 Å². The van der Waals surface area contributed by atoms with E-state index in [2.05, 4.69) is 22.5 Å². The van der Waals surface area contributed by atoms with Crippen molar-refractivity contribution in [3.05, 3.63) is 69.6 Å². The van der Waals surface area contributed by atoms with E-state index in [1.165, 1.54) is 15.8 Å². The van der Waals surface area contributed by atoms with E-state index in [1.54, 1.807) is 11.6 Å². The lowest BCUT2D eigenvalue weighted by molar-refractivity contribution is -0.136. The van der Waals surface area contributed by atoms with Gasteiger partial charge in [0.1, 0.15) is 0 Å². The van der Waals surface area contributed by atoms with Crippen LogP contribution in [0.5, 0.6) is 0 Å². The number of rotatable bonds is 5. The Labute approximate surface area is 168 Å². The highest BCUT2D eigenvalue weighted by atomic mass is 16.4. The highest BCUT2D eigenvalue weighted by molar-refractivity contribution is 5.67. The fourth-order valence-electron chi connectivity index (χ4n) is 3.72. The third-order valence-electron chi connectivity index (χ3n) is 5.40. The van der Waals surface area contributed by atoms with Gasteiger partial charge >= 0.3 is 11.7 Å². The van der Waals surface area contributed by atoms with Gasteiger partial charge < -0.3 is 10.4 Å². The van der Waals surface area contributed by atoms with Crippen LogP contribution in [0.15, 0.2) is 47.3 Å². The molecule has 1 aliphatic rings. The van der Waals surface area contributed by atoms with Crippen LogP contribution in [0.4, 0.5) is 0 Å². The maximum Gasteiger partial charge on any atom is 0.350 e. The molecule has 0 amide bonds. The Bertz CT molecular complexity index is 1100. The third kappa shape index (κ3) is 4.00. The SMILES string of the molecule is Cn1c(-c2ccc(CCC(=O)O)cc2)nn(-c2ccc3c(c2)CCNCC3)c1=O. The summed E-state index contributed by atoms with van der Waals surface area (Å²) in [6, 6.07) is 13.6. The molecule has 7 heteroatoms. The molecule has 2 N–H and O–H groups in total. The number of carboxylic acid groups (broad SMARTS) is 1. The monoisotopic (exact) mass is 392 g/mol. The first-order chi connectivity index (χ1) is 14.0. The Kier molecular flexibility index (Phi) is 5.31. The van der Waals surface area contributed by atoms with E-state index in [4.69, 9.17) is 5.11 Å². The van der Waals surface area contributed by atoms with Gasteiger partial charge in [0, 0.05) is 19.0 Å². The van der Waals surface area contributed by atoms with Crippen LogP contribution in [0.1, 0.15) is 23.1 Å². The van der Waals surface area contributed by atoms with Crippen molar-refractivity contribution in [1.29, 1.82) is 0 Å². The number of hydrogen-bond acceptors (Lipinski definition) is 4. The fourth-order valence-corrected chi connectivity index (χ4v) is 3.72. The van der Waals surface area contributed by atoms with Crippen molar-refractivity contribution >= 4 is 5.97 Å². The summed E-state index contributed by atoms with van der Waals surface area (Å²) in [7, 11) is 1.72. The zero-order valence-electron chi connectivity index (χ0n) is 16.4. The Morgan fingerprint density at radius 1 is 1.10 bits per heavy atom. The highest BCUT2D eigenvalue weighted by Crippen LogP contribution is 2.20. The van der Waals surface area contributed by atoms with Crippen LogP contribution in [0.25, 0.3) is 17.1 Å². The first-order valence-electron chi connectivity index (χ1n) is 9.83. The maximum atomic E-state index is 12.8. The summed E-state index contributed by atoms with van der Waals surface area (Å²) >= 11 is 0.